The van der Waals surface area contributed by atoms with E-state index in [1.165, 1.54) is 22.7 Å². The van der Waals surface area contributed by atoms with Gasteiger partial charge in [0, 0.05) is 28.9 Å². The van der Waals surface area contributed by atoms with Crippen molar-refractivity contribution in [2.45, 2.75) is 33.4 Å². The van der Waals surface area contributed by atoms with Gasteiger partial charge >= 0.3 is 0 Å². The summed E-state index contributed by atoms with van der Waals surface area (Å²) in [5, 5.41) is 9.27. The molecule has 34 heavy (non-hydrogen) atoms. The van der Waals surface area contributed by atoms with E-state index in [4.69, 9.17) is 0 Å². The van der Waals surface area contributed by atoms with Crippen LogP contribution in [0.4, 0.5) is 5.69 Å². The molecule has 0 saturated heterocycles. The number of carbonyl (C=O) groups is 1. The zero-order chi connectivity index (χ0) is 23.8. The molecule has 0 saturated carbocycles. The summed E-state index contributed by atoms with van der Waals surface area (Å²) in [6.07, 6.45) is 5.48. The number of nitrogens with one attached hydrogen (secondary N) is 1. The van der Waals surface area contributed by atoms with Crippen LogP contribution in [0.5, 0.6) is 0 Å². The number of nitrogens with zero attached hydrogens (tertiary/aromatic N) is 4. The van der Waals surface area contributed by atoms with Gasteiger partial charge < -0.3 is 5.32 Å². The zero-order valence-electron chi connectivity index (χ0n) is 19.0. The highest BCUT2D eigenvalue weighted by Gasteiger charge is 2.33. The largest absolute Gasteiger partial charge is 0.322 e. The molecule has 0 bridgehead atoms. The summed E-state index contributed by atoms with van der Waals surface area (Å²) in [5.41, 5.74) is 3.48. The Balaban J connectivity index is 1.64. The molecular weight excluding hydrogens is 466 g/mol. The molecule has 0 aliphatic carbocycles. The molecule has 1 amide bonds. The van der Waals surface area contributed by atoms with Crippen molar-refractivity contribution in [3.05, 3.63) is 101 Å². The van der Waals surface area contributed by atoms with Crippen LogP contribution >= 0.6 is 22.7 Å². The Kier molecular flexibility index (Phi) is 5.89. The number of carbonyl (C=O) groups excluding carboxylic acids is 1. The SMILES string of the molecule is CCn1cc(C=c2sc3n(c2=O)C(c2cccs2)C(C(=O)Nc2ccccc2C)=C(C)N=3)cn1. The lowest BCUT2D eigenvalue weighted by atomic mass is 10.0. The lowest BCUT2D eigenvalue weighted by Gasteiger charge is -2.24. The normalized spacial score (nSPS) is 15.9. The van der Waals surface area contributed by atoms with E-state index in [1.54, 1.807) is 10.8 Å². The summed E-state index contributed by atoms with van der Waals surface area (Å²) in [6, 6.07) is 11.0. The number of aromatic nitrogens is 3. The quantitative estimate of drug-likeness (QED) is 0.466. The second-order valence-corrected chi connectivity index (χ2v) is 9.98. The summed E-state index contributed by atoms with van der Waals surface area (Å²) < 4.78 is 4.02. The Hall–Kier alpha value is -3.56. The topological polar surface area (TPSA) is 81.3 Å². The number of hydrogen-bond donors (Lipinski definition) is 1. The van der Waals surface area contributed by atoms with E-state index >= 15 is 0 Å². The Morgan fingerprint density at radius 2 is 2.03 bits per heavy atom. The highest BCUT2D eigenvalue weighted by atomic mass is 32.1. The minimum absolute atomic E-state index is 0.167. The fraction of sp³-hybridized carbons (Fsp3) is 0.200. The fourth-order valence-electron chi connectivity index (χ4n) is 4.01. The number of rotatable bonds is 5. The molecule has 172 valence electrons. The molecule has 4 aromatic rings. The number of para-hydroxylation sites is 1. The second-order valence-electron chi connectivity index (χ2n) is 8.00. The maximum atomic E-state index is 13.6. The molecule has 0 radical (unpaired) electrons. The van der Waals surface area contributed by atoms with Crippen LogP contribution in [-0.2, 0) is 11.3 Å². The van der Waals surface area contributed by atoms with Gasteiger partial charge in [0.05, 0.1) is 22.0 Å². The molecule has 7 nitrogen and oxygen atoms in total. The van der Waals surface area contributed by atoms with Crippen LogP contribution in [0.2, 0.25) is 0 Å². The first-order chi connectivity index (χ1) is 16.5. The summed E-state index contributed by atoms with van der Waals surface area (Å²) in [4.78, 5) is 33.3. The van der Waals surface area contributed by atoms with E-state index in [-0.39, 0.29) is 11.5 Å². The first kappa shape index (κ1) is 22.2. The van der Waals surface area contributed by atoms with Gasteiger partial charge in [-0.25, -0.2) is 4.99 Å². The summed E-state index contributed by atoms with van der Waals surface area (Å²) in [5.74, 6) is -0.257. The molecule has 9 heteroatoms. The summed E-state index contributed by atoms with van der Waals surface area (Å²) in [7, 11) is 0. The van der Waals surface area contributed by atoms with Crippen LogP contribution in [0.3, 0.4) is 0 Å². The Morgan fingerprint density at radius 1 is 1.21 bits per heavy atom. The predicted molar refractivity (Wildman–Crippen MR) is 136 cm³/mol. The van der Waals surface area contributed by atoms with E-state index in [9.17, 15) is 9.59 Å². The van der Waals surface area contributed by atoms with Crippen LogP contribution in [0.25, 0.3) is 6.08 Å². The number of fused-ring (bicyclic) bond motifs is 1. The first-order valence-electron chi connectivity index (χ1n) is 10.9. The molecule has 0 fully saturated rings. The highest BCUT2D eigenvalue weighted by molar-refractivity contribution is 7.10. The molecule has 1 N–H and O–H groups in total. The van der Waals surface area contributed by atoms with Gasteiger partial charge in [0.25, 0.3) is 11.5 Å². The number of benzene rings is 1. The molecule has 1 aliphatic rings. The summed E-state index contributed by atoms with van der Waals surface area (Å²) in [6.45, 7) is 6.54. The Morgan fingerprint density at radius 3 is 2.74 bits per heavy atom. The van der Waals surface area contributed by atoms with Gasteiger partial charge in [-0.1, -0.05) is 35.6 Å². The maximum Gasteiger partial charge on any atom is 0.271 e. The van der Waals surface area contributed by atoms with Crippen molar-refractivity contribution < 1.29 is 4.79 Å². The molecule has 1 atom stereocenters. The van der Waals surface area contributed by atoms with E-state index < -0.39 is 6.04 Å². The molecule has 5 rings (SSSR count). The Labute approximate surface area is 204 Å². The average molecular weight is 490 g/mol. The first-order valence-corrected chi connectivity index (χ1v) is 12.6. The molecular formula is C25H23N5O2S2. The van der Waals surface area contributed by atoms with Gasteiger partial charge in [0.1, 0.15) is 6.04 Å². The molecule has 1 aromatic carbocycles. The number of aryl methyl sites for hydroxylation is 2. The Bertz CT molecular complexity index is 1590. The van der Waals surface area contributed by atoms with E-state index in [0.717, 1.165) is 28.2 Å². The lowest BCUT2D eigenvalue weighted by molar-refractivity contribution is -0.113. The van der Waals surface area contributed by atoms with Crippen molar-refractivity contribution in [1.82, 2.24) is 14.3 Å². The van der Waals surface area contributed by atoms with Gasteiger partial charge in [-0.3, -0.25) is 18.8 Å². The molecule has 4 heterocycles. The van der Waals surface area contributed by atoms with Crippen LogP contribution in [0.15, 0.2) is 75.2 Å². The molecule has 0 spiro atoms. The maximum absolute atomic E-state index is 13.6. The smallest absolute Gasteiger partial charge is 0.271 e. The highest BCUT2D eigenvalue weighted by Crippen LogP contribution is 2.33. The number of allylic oxidation sites excluding steroid dienone is 1. The molecule has 1 unspecified atom stereocenters. The van der Waals surface area contributed by atoms with Crippen LogP contribution in [0, 0.1) is 6.92 Å². The number of anilines is 1. The standard InChI is InChI=1S/C25H23N5O2S2/c1-4-29-14-17(13-26-29)12-20-24(32)30-22(19-10-7-11-33-19)21(16(3)27-25(30)34-20)23(31)28-18-9-6-5-8-15(18)2/h5-14,22H,4H2,1-3H3,(H,28,31). The minimum Gasteiger partial charge on any atom is -0.322 e. The second kappa shape index (κ2) is 9.00. The third-order valence-corrected chi connectivity index (χ3v) is 7.65. The predicted octanol–water partition coefficient (Wildman–Crippen LogP) is 3.46. The summed E-state index contributed by atoms with van der Waals surface area (Å²) >= 11 is 2.85. The van der Waals surface area contributed by atoms with Crippen LogP contribution in [-0.4, -0.2) is 20.3 Å². The van der Waals surface area contributed by atoms with E-state index in [0.29, 0.717) is 20.6 Å². The van der Waals surface area contributed by atoms with Crippen LogP contribution in [0.1, 0.15) is 35.9 Å². The van der Waals surface area contributed by atoms with E-state index in [1.807, 2.05) is 79.5 Å². The van der Waals surface area contributed by atoms with Gasteiger partial charge in [-0.2, -0.15) is 5.10 Å². The third kappa shape index (κ3) is 3.97. The number of thiazole rings is 1. The number of thiophene rings is 1. The van der Waals surface area contributed by atoms with Crippen molar-refractivity contribution in [3.63, 3.8) is 0 Å². The van der Waals surface area contributed by atoms with Crippen molar-refractivity contribution in [1.29, 1.82) is 0 Å². The monoisotopic (exact) mass is 489 g/mol. The van der Waals surface area contributed by atoms with Gasteiger partial charge in [0.15, 0.2) is 4.80 Å². The zero-order valence-corrected chi connectivity index (χ0v) is 20.6. The van der Waals surface area contributed by atoms with Crippen molar-refractivity contribution in [2.75, 3.05) is 5.32 Å². The minimum atomic E-state index is -0.541. The van der Waals surface area contributed by atoms with Gasteiger partial charge in [-0.15, -0.1) is 11.3 Å². The van der Waals surface area contributed by atoms with Gasteiger partial charge in [0.2, 0.25) is 0 Å². The van der Waals surface area contributed by atoms with Crippen molar-refractivity contribution >= 4 is 40.3 Å². The average Bonchev–Trinajstić information content (AvgIpc) is 3.56. The van der Waals surface area contributed by atoms with E-state index in [2.05, 4.69) is 15.4 Å². The lowest BCUT2D eigenvalue weighted by Crippen LogP contribution is -2.40. The number of amides is 1. The number of hydrogen-bond acceptors (Lipinski definition) is 6. The van der Waals surface area contributed by atoms with Crippen molar-refractivity contribution in [2.24, 2.45) is 4.99 Å². The molecule has 3 aromatic heterocycles. The third-order valence-electron chi connectivity index (χ3n) is 5.75. The van der Waals surface area contributed by atoms with Crippen LogP contribution < -0.4 is 20.2 Å². The fourth-order valence-corrected chi connectivity index (χ4v) is 5.88. The van der Waals surface area contributed by atoms with Crippen molar-refractivity contribution in [3.8, 4) is 0 Å². The molecule has 1 aliphatic heterocycles. The van der Waals surface area contributed by atoms with Gasteiger partial charge in [-0.05, 0) is 49.9 Å².